The minimum Gasteiger partial charge on any atom is -0.456 e. The smallest absolute Gasteiger partial charge is 0.326 e. The minimum atomic E-state index is -0.955. The van der Waals surface area contributed by atoms with E-state index in [2.05, 4.69) is 0 Å². The van der Waals surface area contributed by atoms with Gasteiger partial charge in [0.05, 0.1) is 31.2 Å². The van der Waals surface area contributed by atoms with Crippen LogP contribution in [0.4, 0.5) is 0 Å². The number of rotatable bonds is 5. The van der Waals surface area contributed by atoms with E-state index in [1.807, 2.05) is 0 Å². The van der Waals surface area contributed by atoms with Crippen molar-refractivity contribution in [3.05, 3.63) is 67.1 Å². The van der Waals surface area contributed by atoms with Gasteiger partial charge in [-0.2, -0.15) is 0 Å². The van der Waals surface area contributed by atoms with Crippen LogP contribution in [-0.4, -0.2) is 41.6 Å². The molecule has 3 rings (SSSR count). The molecule has 2 aromatic rings. The second-order valence-corrected chi connectivity index (χ2v) is 7.16. The summed E-state index contributed by atoms with van der Waals surface area (Å²) in [4.78, 5) is 49.7. The van der Waals surface area contributed by atoms with Gasteiger partial charge in [-0.15, -0.1) is 0 Å². The molecule has 0 atom stereocenters. The number of hydrogen-bond donors (Lipinski definition) is 0. The van der Waals surface area contributed by atoms with Gasteiger partial charge >= 0.3 is 5.97 Å². The molecule has 2 amide bonds. The van der Waals surface area contributed by atoms with E-state index >= 15 is 0 Å². The van der Waals surface area contributed by atoms with Gasteiger partial charge in [0.2, 0.25) is 0 Å². The van der Waals surface area contributed by atoms with Crippen molar-refractivity contribution < 1.29 is 23.9 Å². The Balaban J connectivity index is 1.73. The monoisotopic (exact) mass is 459 g/mol. The molecule has 0 saturated carbocycles. The Labute approximate surface area is 178 Å². The molecule has 28 heavy (non-hydrogen) atoms. The summed E-state index contributed by atoms with van der Waals surface area (Å²) in [6.45, 7) is -1.26. The second kappa shape index (κ2) is 8.09. The van der Waals surface area contributed by atoms with E-state index in [0.717, 1.165) is 0 Å². The van der Waals surface area contributed by atoms with Crippen molar-refractivity contribution in [1.29, 1.82) is 0 Å². The third-order valence-electron chi connectivity index (χ3n) is 3.93. The first kappa shape index (κ1) is 20.6. The van der Waals surface area contributed by atoms with E-state index in [0.29, 0.717) is 10.5 Å². The van der Waals surface area contributed by atoms with E-state index in [-0.39, 0.29) is 31.2 Å². The van der Waals surface area contributed by atoms with Gasteiger partial charge in [0.15, 0.2) is 12.4 Å². The van der Waals surface area contributed by atoms with Crippen molar-refractivity contribution in [3.8, 4) is 0 Å². The summed E-state index contributed by atoms with van der Waals surface area (Å²) < 4.78 is 4.87. The molecular formula is C18H9Cl4NO5. The molecule has 0 spiro atoms. The first-order chi connectivity index (χ1) is 13.2. The van der Waals surface area contributed by atoms with Gasteiger partial charge in [-0.3, -0.25) is 24.1 Å². The Morgan fingerprint density at radius 3 is 1.82 bits per heavy atom. The van der Waals surface area contributed by atoms with Crippen LogP contribution < -0.4 is 0 Å². The largest absolute Gasteiger partial charge is 0.456 e. The molecule has 10 heteroatoms. The van der Waals surface area contributed by atoms with Gasteiger partial charge in [0, 0.05) is 5.56 Å². The van der Waals surface area contributed by atoms with E-state index in [1.54, 1.807) is 30.3 Å². The molecule has 0 bridgehead atoms. The lowest BCUT2D eigenvalue weighted by atomic mass is 10.1. The predicted octanol–water partition coefficient (Wildman–Crippen LogP) is 4.32. The molecule has 0 fully saturated rings. The van der Waals surface area contributed by atoms with Crippen LogP contribution in [0.25, 0.3) is 0 Å². The molecular weight excluding hydrogens is 452 g/mol. The van der Waals surface area contributed by atoms with Crippen LogP contribution >= 0.6 is 46.4 Å². The zero-order chi connectivity index (χ0) is 20.6. The van der Waals surface area contributed by atoms with E-state index in [4.69, 9.17) is 51.1 Å². The molecule has 144 valence electrons. The number of ether oxygens (including phenoxy) is 1. The van der Waals surface area contributed by atoms with Crippen molar-refractivity contribution in [3.63, 3.8) is 0 Å². The number of carbonyl (C=O) groups is 4. The van der Waals surface area contributed by atoms with Crippen molar-refractivity contribution in [2.75, 3.05) is 13.2 Å². The predicted molar refractivity (Wildman–Crippen MR) is 104 cm³/mol. The maximum Gasteiger partial charge on any atom is 0.326 e. The highest BCUT2D eigenvalue weighted by atomic mass is 35.5. The van der Waals surface area contributed by atoms with E-state index < -0.39 is 36.7 Å². The number of halogens is 4. The van der Waals surface area contributed by atoms with Gasteiger partial charge in [-0.25, -0.2) is 0 Å². The van der Waals surface area contributed by atoms with Crippen molar-refractivity contribution in [2.45, 2.75) is 0 Å². The number of fused-ring (bicyclic) bond motifs is 1. The highest BCUT2D eigenvalue weighted by Crippen LogP contribution is 2.44. The fourth-order valence-corrected chi connectivity index (χ4v) is 3.58. The molecule has 0 unspecified atom stereocenters. The number of nitrogens with zero attached hydrogens (tertiary/aromatic N) is 1. The fraction of sp³-hybridized carbons (Fsp3) is 0.111. The first-order valence-corrected chi connectivity index (χ1v) is 9.21. The number of esters is 1. The second-order valence-electron chi connectivity index (χ2n) is 5.65. The van der Waals surface area contributed by atoms with Crippen LogP contribution in [0.1, 0.15) is 31.1 Å². The summed E-state index contributed by atoms with van der Waals surface area (Å²) in [5.74, 6) is -3.11. The summed E-state index contributed by atoms with van der Waals surface area (Å²) >= 11 is 23.9. The molecule has 1 aliphatic heterocycles. The maximum absolute atomic E-state index is 12.5. The number of carbonyl (C=O) groups excluding carboxylic acids is 4. The number of benzene rings is 2. The lowest BCUT2D eigenvalue weighted by Crippen LogP contribution is -2.36. The van der Waals surface area contributed by atoms with Crippen molar-refractivity contribution in [1.82, 2.24) is 4.90 Å². The average molecular weight is 461 g/mol. The number of imide groups is 1. The van der Waals surface area contributed by atoms with Gasteiger partial charge < -0.3 is 4.74 Å². The lowest BCUT2D eigenvalue weighted by Gasteiger charge is -2.13. The zero-order valence-electron chi connectivity index (χ0n) is 13.8. The lowest BCUT2D eigenvalue weighted by molar-refractivity contribution is -0.142. The summed E-state index contributed by atoms with van der Waals surface area (Å²) in [5, 5.41) is -0.823. The molecule has 6 nitrogen and oxygen atoms in total. The molecule has 0 radical (unpaired) electrons. The Hall–Kier alpha value is -2.12. The highest BCUT2D eigenvalue weighted by molar-refractivity contribution is 6.55. The van der Waals surface area contributed by atoms with Crippen LogP contribution in [0, 0.1) is 0 Å². The van der Waals surface area contributed by atoms with Crippen molar-refractivity contribution in [2.24, 2.45) is 0 Å². The van der Waals surface area contributed by atoms with Crippen molar-refractivity contribution >= 4 is 70.0 Å². The molecule has 1 heterocycles. The van der Waals surface area contributed by atoms with E-state index in [1.165, 1.54) is 0 Å². The summed E-state index contributed by atoms with van der Waals surface area (Å²) in [6.07, 6.45) is 0. The number of hydrogen-bond acceptors (Lipinski definition) is 5. The normalized spacial score (nSPS) is 12.9. The van der Waals surface area contributed by atoms with Crippen LogP contribution in [0.3, 0.4) is 0 Å². The molecule has 0 saturated heterocycles. The molecule has 2 aromatic carbocycles. The van der Waals surface area contributed by atoms with E-state index in [9.17, 15) is 19.2 Å². The Kier molecular flexibility index (Phi) is 5.95. The van der Waals surface area contributed by atoms with Crippen LogP contribution in [-0.2, 0) is 9.53 Å². The fourth-order valence-electron chi connectivity index (χ4n) is 2.57. The third kappa shape index (κ3) is 3.61. The Morgan fingerprint density at radius 2 is 1.32 bits per heavy atom. The molecule has 0 N–H and O–H groups in total. The van der Waals surface area contributed by atoms with Gasteiger partial charge in [-0.05, 0) is 0 Å². The Morgan fingerprint density at radius 1 is 0.821 bits per heavy atom. The maximum atomic E-state index is 12.5. The summed E-state index contributed by atoms with van der Waals surface area (Å²) in [5.41, 5.74) is -0.114. The van der Waals surface area contributed by atoms with Gasteiger partial charge in [-0.1, -0.05) is 76.7 Å². The first-order valence-electron chi connectivity index (χ1n) is 7.70. The van der Waals surface area contributed by atoms with Gasteiger partial charge in [0.1, 0.15) is 6.54 Å². The van der Waals surface area contributed by atoms with Crippen LogP contribution in [0.15, 0.2) is 30.3 Å². The molecule has 0 aliphatic carbocycles. The number of amides is 2. The third-order valence-corrected chi connectivity index (χ3v) is 5.73. The van der Waals surface area contributed by atoms with Crippen LogP contribution in [0.5, 0.6) is 0 Å². The summed E-state index contributed by atoms with van der Waals surface area (Å²) in [6, 6.07) is 8.20. The molecule has 0 aromatic heterocycles. The average Bonchev–Trinajstić information content (AvgIpc) is 2.94. The minimum absolute atomic E-state index is 0.175. The van der Waals surface area contributed by atoms with Gasteiger partial charge in [0.25, 0.3) is 11.8 Å². The standard InChI is InChI=1S/C18H9Cl4NO5/c19-13-11-12(14(20)16(22)15(13)21)18(27)23(17(11)26)6-10(25)28-7-9(24)8-4-2-1-3-5-8/h1-5H,6-7H2. The van der Waals surface area contributed by atoms with Crippen LogP contribution in [0.2, 0.25) is 20.1 Å². The topological polar surface area (TPSA) is 80.8 Å². The quantitative estimate of drug-likeness (QED) is 0.218. The zero-order valence-corrected chi connectivity index (χ0v) is 16.8. The molecule has 1 aliphatic rings. The SMILES string of the molecule is O=C(CN1C(=O)c2c(Cl)c(Cl)c(Cl)c(Cl)c2C1=O)OCC(=O)c1ccccc1. The summed E-state index contributed by atoms with van der Waals surface area (Å²) in [7, 11) is 0. The highest BCUT2D eigenvalue weighted by Gasteiger charge is 2.42. The number of Topliss-reactive ketones (excluding diaryl/α,β-unsaturated/α-hetero) is 1. The Bertz CT molecular complexity index is 976. The number of ketones is 1.